The standard InChI is InChI=1S/C14H21N3O/c1-2-11-4-3-7-17(10-11)14(18)8-13-6-5-12(15)9-16-13/h5-6,9,11H,2-4,7-8,10,15H2,1H3. The van der Waals surface area contributed by atoms with Gasteiger partial charge in [-0.1, -0.05) is 13.3 Å². The zero-order valence-corrected chi connectivity index (χ0v) is 10.9. The van der Waals surface area contributed by atoms with Gasteiger partial charge in [-0.05, 0) is 30.9 Å². The van der Waals surface area contributed by atoms with Gasteiger partial charge in [0.15, 0.2) is 0 Å². The number of anilines is 1. The minimum Gasteiger partial charge on any atom is -0.397 e. The first-order valence-electron chi connectivity index (χ1n) is 6.67. The van der Waals surface area contributed by atoms with E-state index in [4.69, 9.17) is 5.73 Å². The molecule has 2 N–H and O–H groups in total. The molecule has 1 atom stereocenters. The Morgan fingerprint density at radius 1 is 1.56 bits per heavy atom. The van der Waals surface area contributed by atoms with Crippen LogP contribution in [-0.2, 0) is 11.2 Å². The summed E-state index contributed by atoms with van der Waals surface area (Å²) in [5.41, 5.74) is 7.01. The summed E-state index contributed by atoms with van der Waals surface area (Å²) >= 11 is 0. The predicted molar refractivity (Wildman–Crippen MR) is 71.9 cm³/mol. The summed E-state index contributed by atoms with van der Waals surface area (Å²) in [6, 6.07) is 3.62. The van der Waals surface area contributed by atoms with Crippen molar-refractivity contribution >= 4 is 11.6 Å². The lowest BCUT2D eigenvalue weighted by atomic mass is 9.95. The van der Waals surface area contributed by atoms with Gasteiger partial charge in [-0.15, -0.1) is 0 Å². The number of piperidine rings is 1. The molecule has 0 aliphatic carbocycles. The molecule has 1 fully saturated rings. The minimum atomic E-state index is 0.186. The van der Waals surface area contributed by atoms with Crippen molar-refractivity contribution in [3.63, 3.8) is 0 Å². The molecule has 1 aliphatic heterocycles. The second kappa shape index (κ2) is 5.85. The van der Waals surface area contributed by atoms with E-state index >= 15 is 0 Å². The lowest BCUT2D eigenvalue weighted by Gasteiger charge is -2.32. The number of nitrogens with two attached hydrogens (primary N) is 1. The fourth-order valence-electron chi connectivity index (χ4n) is 2.43. The van der Waals surface area contributed by atoms with Gasteiger partial charge in [-0.3, -0.25) is 9.78 Å². The summed E-state index contributed by atoms with van der Waals surface area (Å²) in [5, 5.41) is 0. The van der Waals surface area contributed by atoms with Crippen LogP contribution in [0.5, 0.6) is 0 Å². The third-order valence-electron chi connectivity index (χ3n) is 3.63. The molecule has 1 aromatic heterocycles. The largest absolute Gasteiger partial charge is 0.397 e. The Balaban J connectivity index is 1.93. The highest BCUT2D eigenvalue weighted by Crippen LogP contribution is 2.19. The molecule has 2 heterocycles. The van der Waals surface area contributed by atoms with Crippen LogP contribution in [0.4, 0.5) is 5.69 Å². The van der Waals surface area contributed by atoms with Crippen LogP contribution in [0.2, 0.25) is 0 Å². The van der Waals surface area contributed by atoms with E-state index in [0.717, 1.165) is 31.6 Å². The van der Waals surface area contributed by atoms with Gasteiger partial charge < -0.3 is 10.6 Å². The summed E-state index contributed by atoms with van der Waals surface area (Å²) in [6.45, 7) is 3.99. The van der Waals surface area contributed by atoms with Crippen molar-refractivity contribution in [2.75, 3.05) is 18.8 Å². The van der Waals surface area contributed by atoms with Gasteiger partial charge in [0.05, 0.1) is 18.3 Å². The van der Waals surface area contributed by atoms with Crippen LogP contribution in [0.3, 0.4) is 0 Å². The fourth-order valence-corrected chi connectivity index (χ4v) is 2.43. The molecule has 1 saturated heterocycles. The zero-order valence-electron chi connectivity index (χ0n) is 10.9. The molecule has 2 rings (SSSR count). The maximum absolute atomic E-state index is 12.2. The lowest BCUT2D eigenvalue weighted by molar-refractivity contribution is -0.132. The van der Waals surface area contributed by atoms with Gasteiger partial charge in [0.25, 0.3) is 0 Å². The Labute approximate surface area is 108 Å². The molecule has 0 saturated carbocycles. The average molecular weight is 247 g/mol. The third-order valence-corrected chi connectivity index (χ3v) is 3.63. The van der Waals surface area contributed by atoms with E-state index < -0.39 is 0 Å². The maximum Gasteiger partial charge on any atom is 0.228 e. The van der Waals surface area contributed by atoms with Gasteiger partial charge >= 0.3 is 0 Å². The Kier molecular flexibility index (Phi) is 4.18. The van der Waals surface area contributed by atoms with Crippen LogP contribution in [0, 0.1) is 5.92 Å². The molecule has 1 aromatic rings. The van der Waals surface area contributed by atoms with E-state index in [1.54, 1.807) is 12.3 Å². The summed E-state index contributed by atoms with van der Waals surface area (Å²) in [4.78, 5) is 18.3. The van der Waals surface area contributed by atoms with Gasteiger partial charge in [0.1, 0.15) is 0 Å². The first-order valence-corrected chi connectivity index (χ1v) is 6.67. The van der Waals surface area contributed by atoms with Gasteiger partial charge in [0, 0.05) is 18.8 Å². The van der Waals surface area contributed by atoms with E-state index in [9.17, 15) is 4.79 Å². The maximum atomic E-state index is 12.2. The summed E-state index contributed by atoms with van der Waals surface area (Å²) in [5.74, 6) is 0.854. The van der Waals surface area contributed by atoms with E-state index in [1.807, 2.05) is 11.0 Å². The third kappa shape index (κ3) is 3.22. The van der Waals surface area contributed by atoms with Crippen molar-refractivity contribution < 1.29 is 4.79 Å². The number of pyridine rings is 1. The lowest BCUT2D eigenvalue weighted by Crippen LogP contribution is -2.40. The Hall–Kier alpha value is -1.58. The zero-order chi connectivity index (χ0) is 13.0. The van der Waals surface area contributed by atoms with Crippen LogP contribution in [0.25, 0.3) is 0 Å². The highest BCUT2D eigenvalue weighted by Gasteiger charge is 2.22. The Bertz CT molecular complexity index is 402. The molecule has 4 heteroatoms. The SMILES string of the molecule is CCC1CCCN(C(=O)Cc2ccc(N)cn2)C1. The van der Waals surface area contributed by atoms with E-state index in [1.165, 1.54) is 6.42 Å². The molecule has 1 amide bonds. The van der Waals surface area contributed by atoms with Crippen LogP contribution in [-0.4, -0.2) is 28.9 Å². The number of amides is 1. The van der Waals surface area contributed by atoms with E-state index in [2.05, 4.69) is 11.9 Å². The molecule has 0 spiro atoms. The highest BCUT2D eigenvalue weighted by atomic mass is 16.2. The second-order valence-corrected chi connectivity index (χ2v) is 5.02. The van der Waals surface area contributed by atoms with Crippen molar-refractivity contribution in [1.82, 2.24) is 9.88 Å². The monoisotopic (exact) mass is 247 g/mol. The van der Waals surface area contributed by atoms with Gasteiger partial charge in [-0.2, -0.15) is 0 Å². The number of carbonyl (C=O) groups is 1. The summed E-state index contributed by atoms with van der Waals surface area (Å²) in [6.07, 6.45) is 5.52. The van der Waals surface area contributed by atoms with Crippen molar-refractivity contribution in [2.24, 2.45) is 5.92 Å². The van der Waals surface area contributed by atoms with Gasteiger partial charge in [-0.25, -0.2) is 0 Å². The molecule has 0 radical (unpaired) electrons. The quantitative estimate of drug-likeness (QED) is 0.886. The van der Waals surface area contributed by atoms with Crippen molar-refractivity contribution in [3.8, 4) is 0 Å². The first-order chi connectivity index (χ1) is 8.69. The van der Waals surface area contributed by atoms with Gasteiger partial charge in [0.2, 0.25) is 5.91 Å². The number of hydrogen-bond donors (Lipinski definition) is 1. The number of nitrogen functional groups attached to an aromatic ring is 1. The number of hydrogen-bond acceptors (Lipinski definition) is 3. The number of aromatic nitrogens is 1. The van der Waals surface area contributed by atoms with Crippen molar-refractivity contribution in [3.05, 3.63) is 24.0 Å². The molecule has 4 nitrogen and oxygen atoms in total. The van der Waals surface area contributed by atoms with E-state index in [-0.39, 0.29) is 5.91 Å². The van der Waals surface area contributed by atoms with E-state index in [0.29, 0.717) is 18.0 Å². The molecule has 1 unspecified atom stereocenters. The Morgan fingerprint density at radius 2 is 2.39 bits per heavy atom. The van der Waals surface area contributed by atoms with Crippen LogP contribution >= 0.6 is 0 Å². The topological polar surface area (TPSA) is 59.2 Å². The number of likely N-dealkylation sites (tertiary alicyclic amines) is 1. The minimum absolute atomic E-state index is 0.186. The molecule has 0 aromatic carbocycles. The summed E-state index contributed by atoms with van der Waals surface area (Å²) < 4.78 is 0. The predicted octanol–water partition coefficient (Wildman–Crippen LogP) is 1.85. The average Bonchev–Trinajstić information content (AvgIpc) is 2.41. The molecule has 18 heavy (non-hydrogen) atoms. The smallest absolute Gasteiger partial charge is 0.228 e. The first kappa shape index (κ1) is 12.9. The molecule has 98 valence electrons. The van der Waals surface area contributed by atoms with Crippen LogP contribution in [0.15, 0.2) is 18.3 Å². The molecular formula is C14H21N3O. The number of nitrogens with zero attached hydrogens (tertiary/aromatic N) is 2. The molecular weight excluding hydrogens is 226 g/mol. The molecule has 0 bridgehead atoms. The van der Waals surface area contributed by atoms with Crippen molar-refractivity contribution in [1.29, 1.82) is 0 Å². The van der Waals surface area contributed by atoms with Crippen LogP contribution in [0.1, 0.15) is 31.9 Å². The van der Waals surface area contributed by atoms with Crippen molar-refractivity contribution in [2.45, 2.75) is 32.6 Å². The van der Waals surface area contributed by atoms with Crippen LogP contribution < -0.4 is 5.73 Å². The Morgan fingerprint density at radius 3 is 3.06 bits per heavy atom. The fraction of sp³-hybridized carbons (Fsp3) is 0.571. The number of carbonyl (C=O) groups excluding carboxylic acids is 1. The second-order valence-electron chi connectivity index (χ2n) is 5.02. The summed E-state index contributed by atoms with van der Waals surface area (Å²) in [7, 11) is 0. The highest BCUT2D eigenvalue weighted by molar-refractivity contribution is 5.78. The normalized spacial score (nSPS) is 19.8. The molecule has 1 aliphatic rings. The number of rotatable bonds is 3.